The molecule has 3 rings (SSSR count). The molecule has 2 aliphatic rings. The Kier molecular flexibility index (Phi) is 6.45. The van der Waals surface area contributed by atoms with Crippen molar-refractivity contribution in [3.8, 4) is 0 Å². The number of aliphatic carboxylic acids is 1. The van der Waals surface area contributed by atoms with Crippen molar-refractivity contribution in [2.75, 3.05) is 18.1 Å². The highest BCUT2D eigenvalue weighted by Crippen LogP contribution is 2.40. The summed E-state index contributed by atoms with van der Waals surface area (Å²) in [4.78, 5) is 52.3. The second-order valence-corrected chi connectivity index (χ2v) is 8.09. The number of carbonyl (C=O) groups is 4. The molecule has 0 aliphatic carbocycles. The van der Waals surface area contributed by atoms with Crippen molar-refractivity contribution in [1.29, 1.82) is 0 Å². The number of rotatable bonds is 7. The van der Waals surface area contributed by atoms with E-state index in [0.717, 1.165) is 16.2 Å². The minimum atomic E-state index is -1.32. The second-order valence-electron chi connectivity index (χ2n) is 6.09. The van der Waals surface area contributed by atoms with E-state index < -0.39 is 41.0 Å². The molecule has 31 heavy (non-hydrogen) atoms. The number of hydrogen-bond acceptors (Lipinski definition) is 11. The summed E-state index contributed by atoms with van der Waals surface area (Å²) in [6.07, 6.45) is 1.85. The standard InChI is InChI=1S/C16H16N6O7S2/c17-15-19-7(5-31-15)8(21-28)11(23)20-9-12(24)22-10(14(25)26)6(4-30-13(9)22)2-1-3-29-16(18)27/h1-2,5,9,13,28H,3-4H2,(H2,17,19)(H2,18,27)(H,20,23)(H,25,26)/b2-1+,21-8+/t9-,13-/m1/s1. The molecule has 0 unspecified atom stereocenters. The maximum absolute atomic E-state index is 12.6. The van der Waals surface area contributed by atoms with Gasteiger partial charge in [0.15, 0.2) is 10.8 Å². The number of amides is 3. The molecule has 0 radical (unpaired) electrons. The number of β-lactam (4-membered cyclic amide) rings is 1. The fourth-order valence-corrected chi connectivity index (χ4v) is 4.78. The maximum atomic E-state index is 12.6. The topological polar surface area (TPSA) is 211 Å². The first-order valence-electron chi connectivity index (χ1n) is 8.48. The molecule has 0 saturated carbocycles. The third-order valence-corrected chi connectivity index (χ3v) is 6.18. The summed E-state index contributed by atoms with van der Waals surface area (Å²) in [5.41, 5.74) is 10.1. The van der Waals surface area contributed by atoms with Gasteiger partial charge in [-0.05, 0) is 11.6 Å². The molecule has 0 bridgehead atoms. The van der Waals surface area contributed by atoms with E-state index in [1.165, 1.54) is 29.3 Å². The number of nitrogen functional groups attached to an aromatic ring is 1. The number of thioether (sulfide) groups is 1. The van der Waals surface area contributed by atoms with Crippen molar-refractivity contribution >= 4 is 57.8 Å². The molecular formula is C16H16N6O7S2. The number of oxime groups is 1. The molecule has 0 aromatic carbocycles. The van der Waals surface area contributed by atoms with Gasteiger partial charge >= 0.3 is 12.1 Å². The highest BCUT2D eigenvalue weighted by molar-refractivity contribution is 8.00. The predicted octanol–water partition coefficient (Wildman–Crippen LogP) is -0.706. The minimum Gasteiger partial charge on any atom is -0.477 e. The van der Waals surface area contributed by atoms with E-state index in [9.17, 15) is 24.3 Å². The Morgan fingerprint density at radius 2 is 2.19 bits per heavy atom. The first-order chi connectivity index (χ1) is 14.7. The molecule has 3 amide bonds. The van der Waals surface area contributed by atoms with Gasteiger partial charge in [0.05, 0.1) is 0 Å². The smallest absolute Gasteiger partial charge is 0.404 e. The lowest BCUT2D eigenvalue weighted by molar-refractivity contribution is -0.150. The van der Waals surface area contributed by atoms with Crippen LogP contribution in [0.5, 0.6) is 0 Å². The number of carboxylic acids is 1. The number of primary amides is 1. The van der Waals surface area contributed by atoms with Crippen LogP contribution in [0.3, 0.4) is 0 Å². The number of thiazole rings is 1. The van der Waals surface area contributed by atoms with E-state index in [4.69, 9.17) is 16.7 Å². The number of hydrogen-bond donors (Lipinski definition) is 5. The van der Waals surface area contributed by atoms with Crippen LogP contribution in [0, 0.1) is 0 Å². The third kappa shape index (κ3) is 4.46. The van der Waals surface area contributed by atoms with Gasteiger partial charge in [0.25, 0.3) is 11.8 Å². The normalized spacial score (nSPS) is 21.0. The molecule has 2 atom stereocenters. The molecular weight excluding hydrogens is 452 g/mol. The molecule has 3 heterocycles. The molecule has 1 fully saturated rings. The lowest BCUT2D eigenvalue weighted by Gasteiger charge is -2.49. The maximum Gasteiger partial charge on any atom is 0.404 e. The Hall–Kier alpha value is -3.59. The number of ether oxygens (including phenoxy) is 1. The first kappa shape index (κ1) is 22.1. The van der Waals surface area contributed by atoms with Crippen LogP contribution in [0.2, 0.25) is 0 Å². The number of nitrogens with two attached hydrogens (primary N) is 2. The van der Waals surface area contributed by atoms with Gasteiger partial charge in [-0.2, -0.15) is 0 Å². The number of allylic oxidation sites excluding steroid dienone is 1. The van der Waals surface area contributed by atoms with Gasteiger partial charge in [-0.15, -0.1) is 23.1 Å². The number of carbonyl (C=O) groups excluding carboxylic acids is 3. The summed E-state index contributed by atoms with van der Waals surface area (Å²) in [5.74, 6) is -2.60. The van der Waals surface area contributed by atoms with Crippen molar-refractivity contribution in [1.82, 2.24) is 15.2 Å². The number of anilines is 1. The first-order valence-corrected chi connectivity index (χ1v) is 10.4. The van der Waals surface area contributed by atoms with Crippen molar-refractivity contribution in [3.63, 3.8) is 0 Å². The molecule has 164 valence electrons. The van der Waals surface area contributed by atoms with Crippen LogP contribution in [0.25, 0.3) is 0 Å². The van der Waals surface area contributed by atoms with E-state index in [1.807, 2.05) is 0 Å². The third-order valence-electron chi connectivity index (χ3n) is 4.21. The van der Waals surface area contributed by atoms with Gasteiger partial charge in [-0.3, -0.25) is 14.5 Å². The Morgan fingerprint density at radius 1 is 1.45 bits per heavy atom. The van der Waals surface area contributed by atoms with Crippen molar-refractivity contribution < 1.29 is 34.2 Å². The lowest BCUT2D eigenvalue weighted by Crippen LogP contribution is -2.71. The van der Waals surface area contributed by atoms with Crippen molar-refractivity contribution in [2.24, 2.45) is 10.9 Å². The molecule has 13 nitrogen and oxygen atoms in total. The summed E-state index contributed by atoms with van der Waals surface area (Å²) in [7, 11) is 0. The monoisotopic (exact) mass is 468 g/mol. The SMILES string of the molecule is NC(=O)OC/C=C/C1=C(C(=O)O)N2C(=O)[C@@H](NC(=O)/C(=N/O)c3csc(N)n3)[C@H]2SC1. The largest absolute Gasteiger partial charge is 0.477 e. The Bertz CT molecular complexity index is 1030. The molecule has 1 aromatic heterocycles. The fourth-order valence-electron chi connectivity index (χ4n) is 2.91. The zero-order valence-electron chi connectivity index (χ0n) is 15.5. The van der Waals surface area contributed by atoms with Gasteiger partial charge < -0.3 is 31.8 Å². The lowest BCUT2D eigenvalue weighted by atomic mass is 10.0. The van der Waals surface area contributed by atoms with Gasteiger partial charge in [0, 0.05) is 11.1 Å². The molecule has 2 aliphatic heterocycles. The van der Waals surface area contributed by atoms with E-state index in [2.05, 4.69) is 20.2 Å². The van der Waals surface area contributed by atoms with E-state index >= 15 is 0 Å². The van der Waals surface area contributed by atoms with Crippen LogP contribution in [-0.4, -0.2) is 73.6 Å². The molecule has 1 saturated heterocycles. The van der Waals surface area contributed by atoms with Crippen LogP contribution in [-0.2, 0) is 19.1 Å². The quantitative estimate of drug-likeness (QED) is 0.147. The predicted molar refractivity (Wildman–Crippen MR) is 109 cm³/mol. The van der Waals surface area contributed by atoms with Gasteiger partial charge in [-0.1, -0.05) is 11.2 Å². The van der Waals surface area contributed by atoms with Crippen LogP contribution in [0.4, 0.5) is 9.93 Å². The van der Waals surface area contributed by atoms with Crippen LogP contribution in [0.1, 0.15) is 5.69 Å². The highest BCUT2D eigenvalue weighted by atomic mass is 32.2. The second kappa shape index (κ2) is 9.05. The van der Waals surface area contributed by atoms with E-state index in [-0.39, 0.29) is 28.9 Å². The molecule has 1 aromatic rings. The fraction of sp³-hybridized carbons (Fsp3) is 0.250. The summed E-state index contributed by atoms with van der Waals surface area (Å²) >= 11 is 2.27. The molecule has 15 heteroatoms. The number of fused-ring (bicyclic) bond motifs is 1. The van der Waals surface area contributed by atoms with Crippen LogP contribution >= 0.6 is 23.1 Å². The average Bonchev–Trinajstić information content (AvgIpc) is 3.14. The number of nitrogens with one attached hydrogen (secondary N) is 1. The summed E-state index contributed by atoms with van der Waals surface area (Å²) < 4.78 is 4.55. The van der Waals surface area contributed by atoms with Gasteiger partial charge in [-0.25, -0.2) is 14.6 Å². The Labute approximate surface area is 182 Å². The number of carboxylic acid groups (broad SMARTS) is 1. The number of aromatic nitrogens is 1. The van der Waals surface area contributed by atoms with Crippen molar-refractivity contribution in [2.45, 2.75) is 11.4 Å². The Morgan fingerprint density at radius 3 is 2.77 bits per heavy atom. The zero-order chi connectivity index (χ0) is 22.7. The zero-order valence-corrected chi connectivity index (χ0v) is 17.2. The van der Waals surface area contributed by atoms with Gasteiger partial charge in [0.1, 0.15) is 29.4 Å². The van der Waals surface area contributed by atoms with Crippen LogP contribution < -0.4 is 16.8 Å². The minimum absolute atomic E-state index is 0.0409. The average molecular weight is 468 g/mol. The number of nitrogens with zero attached hydrogens (tertiary/aromatic N) is 3. The Balaban J connectivity index is 1.74. The molecule has 7 N–H and O–H groups in total. The van der Waals surface area contributed by atoms with E-state index in [1.54, 1.807) is 0 Å². The summed E-state index contributed by atoms with van der Waals surface area (Å²) in [6.45, 7) is -0.156. The van der Waals surface area contributed by atoms with E-state index in [0.29, 0.717) is 5.57 Å². The summed E-state index contributed by atoms with van der Waals surface area (Å²) in [5, 5.41) is 25.0. The van der Waals surface area contributed by atoms with Gasteiger partial charge in [0.2, 0.25) is 0 Å². The van der Waals surface area contributed by atoms with Crippen LogP contribution in [0.15, 0.2) is 34.0 Å². The molecule has 0 spiro atoms. The summed E-state index contributed by atoms with van der Waals surface area (Å²) in [6, 6.07) is -1.02. The van der Waals surface area contributed by atoms with Crippen molar-refractivity contribution in [3.05, 3.63) is 34.5 Å². The highest BCUT2D eigenvalue weighted by Gasteiger charge is 2.54.